The molecule has 6 aliphatic rings. The first-order chi connectivity index (χ1) is 13.5. The van der Waals surface area contributed by atoms with Gasteiger partial charge in [-0.25, -0.2) is 0 Å². The molecule has 2 aliphatic heterocycles. The van der Waals surface area contributed by atoms with E-state index in [0.717, 1.165) is 9.80 Å². The lowest BCUT2D eigenvalue weighted by Gasteiger charge is -2.60. The van der Waals surface area contributed by atoms with Crippen molar-refractivity contribution in [1.29, 1.82) is 0 Å². The second kappa shape index (κ2) is 5.57. The zero-order chi connectivity index (χ0) is 19.7. The van der Waals surface area contributed by atoms with E-state index in [-0.39, 0.29) is 60.6 Å². The van der Waals surface area contributed by atoms with E-state index in [1.54, 1.807) is 0 Å². The number of rotatable bonds is 4. The van der Waals surface area contributed by atoms with E-state index in [9.17, 15) is 19.2 Å². The number of likely N-dealkylation sites (tertiary alicyclic amines) is 2. The lowest BCUT2D eigenvalue weighted by atomic mass is 9.40. The Morgan fingerprint density at radius 1 is 0.714 bits per heavy atom. The van der Waals surface area contributed by atoms with E-state index in [0.29, 0.717) is 0 Å². The molecule has 8 unspecified atom stereocenters. The SMILES string of the molecule is [N-]=[N+]=NCN1C(=O)C2C3C=CC(C2C1=O)C1C2C(=O)N(CN=[N+]=[N-])C(=O)C2C31. The second-order valence-corrected chi connectivity index (χ2v) is 7.75. The number of imide groups is 2. The van der Waals surface area contributed by atoms with Gasteiger partial charge >= 0.3 is 0 Å². The van der Waals surface area contributed by atoms with Gasteiger partial charge in [0.05, 0.1) is 23.7 Å². The van der Waals surface area contributed by atoms with Crippen LogP contribution in [0.2, 0.25) is 0 Å². The van der Waals surface area contributed by atoms with Crippen molar-refractivity contribution >= 4 is 23.6 Å². The van der Waals surface area contributed by atoms with Crippen LogP contribution < -0.4 is 0 Å². The first-order valence-electron chi connectivity index (χ1n) is 8.93. The minimum atomic E-state index is -0.590. The molecule has 2 saturated carbocycles. The van der Waals surface area contributed by atoms with Gasteiger partial charge in [-0.2, -0.15) is 0 Å². The normalized spacial score (nSPS) is 41.9. The maximum absolute atomic E-state index is 12.8. The molecule has 0 aromatic carbocycles. The summed E-state index contributed by atoms with van der Waals surface area (Å²) in [6, 6.07) is 0. The molecule has 0 aromatic heterocycles. The van der Waals surface area contributed by atoms with Gasteiger partial charge in [0, 0.05) is 9.82 Å². The molecule has 2 bridgehead atoms. The van der Waals surface area contributed by atoms with Crippen molar-refractivity contribution in [3.63, 3.8) is 0 Å². The third-order valence-corrected chi connectivity index (χ3v) is 7.06. The monoisotopic (exact) mass is 382 g/mol. The van der Waals surface area contributed by atoms with Crippen molar-refractivity contribution in [2.24, 2.45) is 57.6 Å². The van der Waals surface area contributed by atoms with Crippen molar-refractivity contribution in [2.75, 3.05) is 13.3 Å². The highest BCUT2D eigenvalue weighted by Crippen LogP contribution is 2.68. The summed E-state index contributed by atoms with van der Waals surface area (Å²) in [6.07, 6.45) is 3.78. The number of amides is 4. The van der Waals surface area contributed by atoms with Crippen LogP contribution in [0.15, 0.2) is 22.4 Å². The number of nitrogens with zero attached hydrogens (tertiary/aromatic N) is 8. The van der Waals surface area contributed by atoms with Gasteiger partial charge in [-0.05, 0) is 34.7 Å². The van der Waals surface area contributed by atoms with Gasteiger partial charge in [-0.15, -0.1) is 0 Å². The summed E-state index contributed by atoms with van der Waals surface area (Å²) in [7, 11) is 0. The molecule has 4 fully saturated rings. The number of carbonyl (C=O) groups excluding carboxylic acids is 4. The van der Waals surface area contributed by atoms with Gasteiger partial charge < -0.3 is 0 Å². The smallest absolute Gasteiger partial charge is 0.233 e. The van der Waals surface area contributed by atoms with Crippen LogP contribution in [0, 0.1) is 47.3 Å². The highest BCUT2D eigenvalue weighted by molar-refractivity contribution is 6.09. The fourth-order valence-corrected chi connectivity index (χ4v) is 6.19. The molecule has 12 heteroatoms. The Kier molecular flexibility index (Phi) is 3.34. The molecule has 2 heterocycles. The Morgan fingerprint density at radius 2 is 1.07 bits per heavy atom. The number of allylic oxidation sites excluding steroid dienone is 2. The fourth-order valence-electron chi connectivity index (χ4n) is 6.19. The van der Waals surface area contributed by atoms with Crippen LogP contribution >= 0.6 is 0 Å². The molecule has 4 amide bonds. The van der Waals surface area contributed by atoms with Crippen LogP contribution in [-0.4, -0.2) is 46.8 Å². The van der Waals surface area contributed by atoms with Crippen LogP contribution in [0.1, 0.15) is 0 Å². The molecular weight excluding hydrogens is 368 g/mol. The summed E-state index contributed by atoms with van der Waals surface area (Å²) >= 11 is 0. The average molecular weight is 382 g/mol. The molecular formula is C16H14N8O4. The van der Waals surface area contributed by atoms with Crippen molar-refractivity contribution in [2.45, 2.75) is 0 Å². The Bertz CT molecular complexity index is 908. The molecule has 142 valence electrons. The summed E-state index contributed by atoms with van der Waals surface area (Å²) in [5, 5.41) is 6.68. The lowest BCUT2D eigenvalue weighted by molar-refractivity contribution is -0.166. The number of carbonyl (C=O) groups is 4. The quantitative estimate of drug-likeness (QED) is 0.230. The number of fused-ring (bicyclic) bond motifs is 1. The Hall–Kier alpha value is -3.36. The molecule has 0 N–H and O–H groups in total. The van der Waals surface area contributed by atoms with Gasteiger partial charge in [-0.1, -0.05) is 22.4 Å². The second-order valence-electron chi connectivity index (χ2n) is 7.75. The summed E-state index contributed by atoms with van der Waals surface area (Å²) < 4.78 is 0. The summed E-state index contributed by atoms with van der Waals surface area (Å²) in [5.41, 5.74) is 17.0. The molecule has 2 saturated heterocycles. The topological polar surface area (TPSA) is 172 Å². The van der Waals surface area contributed by atoms with Crippen LogP contribution in [0.4, 0.5) is 0 Å². The summed E-state index contributed by atoms with van der Waals surface area (Å²) in [6.45, 7) is -0.686. The zero-order valence-corrected chi connectivity index (χ0v) is 14.4. The molecule has 0 radical (unpaired) electrons. The van der Waals surface area contributed by atoms with Crippen molar-refractivity contribution < 1.29 is 19.2 Å². The number of azide groups is 2. The maximum Gasteiger partial charge on any atom is 0.233 e. The van der Waals surface area contributed by atoms with E-state index in [1.807, 2.05) is 12.2 Å². The van der Waals surface area contributed by atoms with Crippen molar-refractivity contribution in [3.05, 3.63) is 33.0 Å². The van der Waals surface area contributed by atoms with Crippen molar-refractivity contribution in [1.82, 2.24) is 9.80 Å². The van der Waals surface area contributed by atoms with E-state index >= 15 is 0 Å². The molecule has 0 spiro atoms. The van der Waals surface area contributed by atoms with E-state index < -0.39 is 23.7 Å². The first kappa shape index (κ1) is 16.8. The number of hydrogen-bond donors (Lipinski definition) is 0. The van der Waals surface area contributed by atoms with Crippen molar-refractivity contribution in [3.8, 4) is 0 Å². The fraction of sp³-hybridized carbons (Fsp3) is 0.625. The molecule has 4 aliphatic carbocycles. The maximum atomic E-state index is 12.8. The van der Waals surface area contributed by atoms with E-state index in [2.05, 4.69) is 20.1 Å². The van der Waals surface area contributed by atoms with E-state index in [4.69, 9.17) is 11.1 Å². The average Bonchev–Trinajstić information content (AvgIpc) is 3.03. The Labute approximate surface area is 157 Å². The Balaban J connectivity index is 1.49. The first-order valence-corrected chi connectivity index (χ1v) is 8.93. The molecule has 6 rings (SSSR count). The highest BCUT2D eigenvalue weighted by atomic mass is 16.2. The highest BCUT2D eigenvalue weighted by Gasteiger charge is 2.74. The standard InChI is InChI=1S/C16H14N8O4/c17-21-19-3-23-13(25)9-5-1-2-6(10(9)14(23)26)8-7(5)11-12(8)16(28)24(15(11)27)4-20-22-18/h1-2,5-12H,3-4H2. The molecule has 0 aromatic rings. The Morgan fingerprint density at radius 3 is 1.43 bits per heavy atom. The third kappa shape index (κ3) is 1.76. The minimum absolute atomic E-state index is 0.190. The molecule has 12 nitrogen and oxygen atoms in total. The van der Waals surface area contributed by atoms with E-state index in [1.165, 1.54) is 0 Å². The van der Waals surface area contributed by atoms with Gasteiger partial charge in [-0.3, -0.25) is 29.0 Å². The zero-order valence-electron chi connectivity index (χ0n) is 14.4. The predicted octanol–water partition coefficient (Wildman–Crippen LogP) is 0.786. The largest absolute Gasteiger partial charge is 0.276 e. The lowest BCUT2D eigenvalue weighted by Crippen LogP contribution is -2.63. The van der Waals surface area contributed by atoms with Gasteiger partial charge in [0.1, 0.15) is 13.3 Å². The van der Waals surface area contributed by atoms with Crippen LogP contribution in [0.25, 0.3) is 20.9 Å². The van der Waals surface area contributed by atoms with Gasteiger partial charge in [0.15, 0.2) is 0 Å². The summed E-state index contributed by atoms with van der Waals surface area (Å²) in [5.74, 6) is -4.78. The molecule has 8 atom stereocenters. The molecule has 28 heavy (non-hydrogen) atoms. The van der Waals surface area contributed by atoms with Gasteiger partial charge in [0.2, 0.25) is 23.6 Å². The predicted molar refractivity (Wildman–Crippen MR) is 88.8 cm³/mol. The number of hydrogen-bond acceptors (Lipinski definition) is 6. The summed E-state index contributed by atoms with van der Waals surface area (Å²) in [4.78, 5) is 58.3. The van der Waals surface area contributed by atoms with Crippen LogP contribution in [-0.2, 0) is 19.2 Å². The van der Waals surface area contributed by atoms with Gasteiger partial charge in [0.25, 0.3) is 0 Å². The van der Waals surface area contributed by atoms with Crippen LogP contribution in [0.5, 0.6) is 0 Å². The minimum Gasteiger partial charge on any atom is -0.276 e. The third-order valence-electron chi connectivity index (χ3n) is 7.06. The van der Waals surface area contributed by atoms with Crippen LogP contribution in [0.3, 0.4) is 0 Å².